The van der Waals surface area contributed by atoms with Crippen molar-refractivity contribution in [1.82, 2.24) is 25.5 Å². The van der Waals surface area contributed by atoms with Crippen LogP contribution in [0.5, 0.6) is 0 Å². The van der Waals surface area contributed by atoms with Crippen molar-refractivity contribution in [2.24, 2.45) is 5.73 Å². The number of carbonyl (C=O) groups is 3. The van der Waals surface area contributed by atoms with Crippen LogP contribution in [0.1, 0.15) is 30.5 Å². The smallest absolute Gasteiger partial charge is 0.314 e. The molecule has 0 aliphatic rings. The van der Waals surface area contributed by atoms with Crippen molar-refractivity contribution in [3.05, 3.63) is 83.8 Å². The van der Waals surface area contributed by atoms with Crippen LogP contribution in [0.4, 0.5) is 10.6 Å². The Morgan fingerprint density at radius 3 is 2.42 bits per heavy atom. The second-order valence-corrected chi connectivity index (χ2v) is 9.37. The summed E-state index contributed by atoms with van der Waals surface area (Å²) in [6, 6.07) is 16.0. The molecule has 3 aromatic rings. The quantitative estimate of drug-likeness (QED) is 0.245. The highest BCUT2D eigenvalue weighted by Gasteiger charge is 2.28. The maximum Gasteiger partial charge on any atom is 0.314 e. The summed E-state index contributed by atoms with van der Waals surface area (Å²) in [7, 11) is 1.56. The Hall–Kier alpha value is -4.22. The number of nitrogens with zero attached hydrogens (tertiary/aromatic N) is 2. The van der Waals surface area contributed by atoms with Crippen molar-refractivity contribution < 1.29 is 19.1 Å². The van der Waals surface area contributed by atoms with E-state index in [1.807, 2.05) is 59.2 Å². The third kappa shape index (κ3) is 8.71. The van der Waals surface area contributed by atoms with Crippen LogP contribution in [0.2, 0.25) is 0 Å². The van der Waals surface area contributed by atoms with Crippen LogP contribution in [0.3, 0.4) is 0 Å². The predicted molar refractivity (Wildman–Crippen MR) is 144 cm³/mol. The van der Waals surface area contributed by atoms with Gasteiger partial charge in [0.05, 0.1) is 25.1 Å². The van der Waals surface area contributed by atoms with Crippen LogP contribution in [-0.2, 0) is 34.0 Å². The lowest BCUT2D eigenvalue weighted by atomic mass is 10.1. The lowest BCUT2D eigenvalue weighted by molar-refractivity contribution is -0.130. The highest BCUT2D eigenvalue weighted by Crippen LogP contribution is 2.13. The molecule has 3 rings (SSSR count). The van der Waals surface area contributed by atoms with E-state index < -0.39 is 23.4 Å². The number of ether oxygens (including phenoxy) is 1. The van der Waals surface area contributed by atoms with E-state index in [9.17, 15) is 14.4 Å². The summed E-state index contributed by atoms with van der Waals surface area (Å²) >= 11 is 0. The standard InChI is InChI=1S/C27H35N7O4/c1-27(2,28)25(36)32-22(17-38-16-19-9-5-4-6-10-19)24(35)33-23-15-34(18-31-23)14-21-12-8-7-11-20(21)13-30-26(37)29-3/h4-12,15,18,22H,13-14,16-17,28H2,1-3H3,(H,32,36)(H,33,35)(H2,29,30,37). The lowest BCUT2D eigenvalue weighted by Gasteiger charge is -2.23. The fourth-order valence-electron chi connectivity index (χ4n) is 3.47. The van der Waals surface area contributed by atoms with Crippen molar-refractivity contribution >= 4 is 23.7 Å². The highest BCUT2D eigenvalue weighted by molar-refractivity contribution is 5.98. The molecule has 0 radical (unpaired) electrons. The molecule has 0 aliphatic heterocycles. The molecule has 0 saturated heterocycles. The van der Waals surface area contributed by atoms with Crippen molar-refractivity contribution in [3.8, 4) is 0 Å². The van der Waals surface area contributed by atoms with Crippen molar-refractivity contribution in [2.45, 2.75) is 45.1 Å². The Bertz CT molecular complexity index is 1220. The van der Waals surface area contributed by atoms with Gasteiger partial charge < -0.3 is 36.3 Å². The molecule has 1 unspecified atom stereocenters. The molecule has 1 atom stereocenters. The SMILES string of the molecule is CNC(=O)NCc1ccccc1Cn1cnc(NC(=O)C(COCc2ccccc2)NC(=O)C(C)(C)N)c1. The molecule has 0 aliphatic carbocycles. The number of aromatic nitrogens is 2. The van der Waals surface area contributed by atoms with Gasteiger partial charge in [-0.25, -0.2) is 9.78 Å². The van der Waals surface area contributed by atoms with E-state index in [0.717, 1.165) is 16.7 Å². The molecule has 6 N–H and O–H groups in total. The molecule has 0 bridgehead atoms. The van der Waals surface area contributed by atoms with Crippen LogP contribution in [0.15, 0.2) is 67.1 Å². The summed E-state index contributed by atoms with van der Waals surface area (Å²) in [5, 5.41) is 10.7. The van der Waals surface area contributed by atoms with Gasteiger partial charge in [0, 0.05) is 26.3 Å². The van der Waals surface area contributed by atoms with Crippen molar-refractivity contribution in [2.75, 3.05) is 19.0 Å². The molecule has 202 valence electrons. The first kappa shape index (κ1) is 28.4. The summed E-state index contributed by atoms with van der Waals surface area (Å²) in [4.78, 5) is 41.4. The molecule has 4 amide bonds. The highest BCUT2D eigenvalue weighted by atomic mass is 16.5. The molecule has 11 nitrogen and oxygen atoms in total. The average Bonchev–Trinajstić information content (AvgIpc) is 3.33. The minimum absolute atomic E-state index is 0.0467. The fourth-order valence-corrected chi connectivity index (χ4v) is 3.47. The number of anilines is 1. The van der Waals surface area contributed by atoms with Crippen LogP contribution in [0.25, 0.3) is 0 Å². The number of urea groups is 1. The first-order valence-corrected chi connectivity index (χ1v) is 12.2. The van der Waals surface area contributed by atoms with E-state index >= 15 is 0 Å². The number of hydrogen-bond acceptors (Lipinski definition) is 6. The summed E-state index contributed by atoms with van der Waals surface area (Å²) in [5.74, 6) is -0.630. The molecule has 1 heterocycles. The van der Waals surface area contributed by atoms with E-state index in [-0.39, 0.29) is 19.2 Å². The second-order valence-electron chi connectivity index (χ2n) is 9.37. The van der Waals surface area contributed by atoms with E-state index in [0.29, 0.717) is 18.9 Å². The Labute approximate surface area is 222 Å². The Morgan fingerprint density at radius 1 is 1.05 bits per heavy atom. The maximum absolute atomic E-state index is 13.1. The number of rotatable bonds is 12. The van der Waals surface area contributed by atoms with E-state index in [2.05, 4.69) is 26.3 Å². The van der Waals surface area contributed by atoms with Crippen molar-refractivity contribution in [3.63, 3.8) is 0 Å². The monoisotopic (exact) mass is 521 g/mol. The first-order valence-electron chi connectivity index (χ1n) is 12.2. The Kier molecular flexibility index (Phi) is 9.97. The van der Waals surface area contributed by atoms with Gasteiger partial charge >= 0.3 is 6.03 Å². The van der Waals surface area contributed by atoms with Crippen molar-refractivity contribution in [1.29, 1.82) is 0 Å². The van der Waals surface area contributed by atoms with Gasteiger partial charge in [-0.2, -0.15) is 0 Å². The molecule has 0 saturated carbocycles. The normalized spacial score (nSPS) is 11.9. The topological polar surface area (TPSA) is 152 Å². The van der Waals surface area contributed by atoms with Gasteiger partial charge in [-0.3, -0.25) is 9.59 Å². The molecular weight excluding hydrogens is 486 g/mol. The zero-order valence-electron chi connectivity index (χ0n) is 21.9. The number of amides is 4. The predicted octanol–water partition coefficient (Wildman–Crippen LogP) is 1.74. The molecule has 38 heavy (non-hydrogen) atoms. The van der Waals surface area contributed by atoms with Gasteiger partial charge in [-0.1, -0.05) is 54.6 Å². The van der Waals surface area contributed by atoms with Crippen LogP contribution < -0.4 is 27.0 Å². The summed E-state index contributed by atoms with van der Waals surface area (Å²) in [6.45, 7) is 4.22. The van der Waals surface area contributed by atoms with E-state index in [4.69, 9.17) is 10.5 Å². The minimum Gasteiger partial charge on any atom is -0.374 e. The van der Waals surface area contributed by atoms with Crippen LogP contribution in [0, 0.1) is 0 Å². The Morgan fingerprint density at radius 2 is 1.74 bits per heavy atom. The minimum atomic E-state index is -1.17. The van der Waals surface area contributed by atoms with Crippen LogP contribution in [-0.4, -0.2) is 52.6 Å². The molecular formula is C27H35N7O4. The van der Waals surface area contributed by atoms with Gasteiger partial charge in [-0.05, 0) is 30.5 Å². The maximum atomic E-state index is 13.1. The fraction of sp³-hybridized carbons (Fsp3) is 0.333. The first-order chi connectivity index (χ1) is 18.2. The summed E-state index contributed by atoms with van der Waals surface area (Å²) in [5.41, 5.74) is 7.63. The van der Waals surface area contributed by atoms with Crippen LogP contribution >= 0.6 is 0 Å². The number of benzene rings is 2. The number of carbonyl (C=O) groups excluding carboxylic acids is 3. The van der Waals surface area contributed by atoms with Gasteiger partial charge in [0.1, 0.15) is 6.04 Å². The number of imidazole rings is 1. The third-order valence-electron chi connectivity index (χ3n) is 5.63. The molecule has 0 fully saturated rings. The largest absolute Gasteiger partial charge is 0.374 e. The van der Waals surface area contributed by atoms with Gasteiger partial charge in [0.25, 0.3) is 5.91 Å². The lowest BCUT2D eigenvalue weighted by Crippen LogP contribution is -2.56. The van der Waals surface area contributed by atoms with Gasteiger partial charge in [0.15, 0.2) is 5.82 Å². The number of nitrogens with one attached hydrogen (secondary N) is 4. The van der Waals surface area contributed by atoms with E-state index in [1.165, 1.54) is 0 Å². The summed E-state index contributed by atoms with van der Waals surface area (Å²) < 4.78 is 7.54. The molecule has 1 aromatic heterocycles. The average molecular weight is 522 g/mol. The number of nitrogens with two attached hydrogens (primary N) is 1. The molecule has 2 aromatic carbocycles. The Balaban J connectivity index is 1.64. The molecule has 11 heteroatoms. The van der Waals surface area contributed by atoms with Gasteiger partial charge in [-0.15, -0.1) is 0 Å². The zero-order chi connectivity index (χ0) is 27.5. The summed E-state index contributed by atoms with van der Waals surface area (Å²) in [6.07, 6.45) is 3.29. The molecule has 0 spiro atoms. The second kappa shape index (κ2) is 13.4. The van der Waals surface area contributed by atoms with E-state index in [1.54, 1.807) is 33.4 Å². The zero-order valence-corrected chi connectivity index (χ0v) is 21.9. The third-order valence-corrected chi connectivity index (χ3v) is 5.63. The number of hydrogen-bond donors (Lipinski definition) is 5. The van der Waals surface area contributed by atoms with Gasteiger partial charge in [0.2, 0.25) is 5.91 Å².